The molecule has 4 atom stereocenters. The van der Waals surface area contributed by atoms with Gasteiger partial charge in [-0.2, -0.15) is 10.1 Å². The van der Waals surface area contributed by atoms with Gasteiger partial charge in [-0.05, 0) is 93.0 Å². The average Bonchev–Trinajstić information content (AvgIpc) is 4.07. The van der Waals surface area contributed by atoms with E-state index in [0.717, 1.165) is 68.6 Å². The van der Waals surface area contributed by atoms with E-state index in [1.165, 1.54) is 35.5 Å². The lowest BCUT2D eigenvalue weighted by Crippen LogP contribution is -2.45. The van der Waals surface area contributed by atoms with E-state index >= 15 is 13.2 Å². The highest BCUT2D eigenvalue weighted by Crippen LogP contribution is 2.46. The number of anilines is 4. The highest BCUT2D eigenvalue weighted by atomic mass is 35.5. The largest absolute Gasteiger partial charge is 0.480 e. The molecule has 3 aromatic heterocycles. The molecule has 5 aliphatic rings. The first-order valence-corrected chi connectivity index (χ1v) is 22.3. The van der Waals surface area contributed by atoms with Crippen molar-refractivity contribution in [2.24, 2.45) is 31.8 Å². The van der Waals surface area contributed by atoms with Crippen LogP contribution in [0.25, 0.3) is 21.8 Å². The van der Waals surface area contributed by atoms with Gasteiger partial charge in [0.25, 0.3) is 5.56 Å². The molecule has 0 bridgehead atoms. The van der Waals surface area contributed by atoms with Crippen LogP contribution < -0.4 is 31.1 Å². The summed E-state index contributed by atoms with van der Waals surface area (Å²) >= 11 is 6.59. The first-order valence-electron chi connectivity index (χ1n) is 21.9. The van der Waals surface area contributed by atoms with Gasteiger partial charge in [-0.25, -0.2) is 18.2 Å². The molecule has 1 saturated carbocycles. The van der Waals surface area contributed by atoms with Gasteiger partial charge in [0.15, 0.2) is 12.4 Å². The average molecular weight is 887 g/mol. The van der Waals surface area contributed by atoms with Crippen LogP contribution in [0.4, 0.5) is 36.3 Å². The lowest BCUT2D eigenvalue weighted by molar-refractivity contribution is -0.134. The summed E-state index contributed by atoms with van der Waals surface area (Å²) in [6.45, 7) is 5.80. The third-order valence-corrected chi connectivity index (χ3v) is 14.4. The molecular formula is C45H50ClF3N10O4. The topological polar surface area (TPSA) is 152 Å². The Morgan fingerprint density at radius 1 is 0.984 bits per heavy atom. The number of rotatable bonds is 8. The maximum absolute atomic E-state index is 15.8. The summed E-state index contributed by atoms with van der Waals surface area (Å²) in [6.07, 6.45) is 6.60. The van der Waals surface area contributed by atoms with E-state index in [0.29, 0.717) is 54.8 Å². The number of carbonyl (C=O) groups excluding carboxylic acids is 2. The molecule has 0 radical (unpaired) electrons. The number of hydrogen-bond acceptors (Lipinski definition) is 11. The van der Waals surface area contributed by atoms with Crippen molar-refractivity contribution >= 4 is 68.4 Å². The molecule has 1 unspecified atom stereocenters. The number of halogens is 4. The third kappa shape index (κ3) is 7.74. The van der Waals surface area contributed by atoms with Crippen molar-refractivity contribution in [2.75, 3.05) is 54.9 Å². The Balaban J connectivity index is 0.788. The predicted octanol–water partition coefficient (Wildman–Crippen LogP) is 6.83. The first kappa shape index (κ1) is 41.6. The number of nitrogens with zero attached hydrogens (tertiary/aromatic N) is 7. The number of pyridine rings is 1. The number of alkyl halides is 2. The first-order chi connectivity index (χ1) is 30.2. The predicted molar refractivity (Wildman–Crippen MR) is 234 cm³/mol. The normalized spacial score (nSPS) is 24.5. The van der Waals surface area contributed by atoms with Crippen LogP contribution >= 0.6 is 11.6 Å². The Bertz CT molecular complexity index is 2720. The lowest BCUT2D eigenvalue weighted by Gasteiger charge is -2.41. The van der Waals surface area contributed by atoms with Crippen LogP contribution in [0.1, 0.15) is 75.0 Å². The molecule has 4 aliphatic heterocycles. The number of likely N-dealkylation sites (tertiary alicyclic amines) is 1. The van der Waals surface area contributed by atoms with Gasteiger partial charge >= 0.3 is 5.92 Å². The van der Waals surface area contributed by atoms with Crippen molar-refractivity contribution in [1.29, 1.82) is 0 Å². The molecular weight excluding hydrogens is 837 g/mol. The number of benzene rings is 2. The quantitative estimate of drug-likeness (QED) is 0.141. The molecule has 10 rings (SSSR count). The monoisotopic (exact) mass is 886 g/mol. The molecule has 5 aromatic rings. The van der Waals surface area contributed by atoms with Gasteiger partial charge in [-0.15, -0.1) is 0 Å². The van der Waals surface area contributed by atoms with E-state index in [2.05, 4.69) is 55.9 Å². The maximum atomic E-state index is 15.8. The minimum atomic E-state index is -3.21. The highest BCUT2D eigenvalue weighted by molar-refractivity contribution is 6.33. The number of nitrogens with one attached hydrogen (secondary N) is 3. The van der Waals surface area contributed by atoms with E-state index in [1.807, 2.05) is 11.7 Å². The van der Waals surface area contributed by atoms with Gasteiger partial charge in [0.2, 0.25) is 23.5 Å². The molecule has 0 spiro atoms. The Hall–Kier alpha value is -5.42. The van der Waals surface area contributed by atoms with Crippen LogP contribution in [0.3, 0.4) is 0 Å². The standard InChI is InChI=1S/C45H50ClF3N10O4/c1-23-20-59(15-12-27(23)21-58-13-10-24(11-14-58)26-6-7-28-35(16-26)57(3)55-37(28)29-8-9-36(60)52-42(29)61)44-50-19-31(46)41(54-44)51-33-17-30-34(18-32(33)47)56(2)43(62)39-38(30)53-40(25-4-5-25)45(48,49)22-63-39/h6-7,16-19,23-25,27,29,40,53H,4-5,8-15,20-22H2,1-3H3,(H,50,51,54)(H,52,60,61)/t23-,27-,29?,40-/m0/s1. The Morgan fingerprint density at radius 3 is 2.52 bits per heavy atom. The van der Waals surface area contributed by atoms with Gasteiger partial charge in [0, 0.05) is 57.0 Å². The zero-order chi connectivity index (χ0) is 43.9. The van der Waals surface area contributed by atoms with E-state index in [-0.39, 0.29) is 51.2 Å². The van der Waals surface area contributed by atoms with Gasteiger partial charge in [0.1, 0.15) is 10.8 Å². The van der Waals surface area contributed by atoms with Crippen LogP contribution in [0.5, 0.6) is 5.75 Å². The molecule has 14 nitrogen and oxygen atoms in total. The number of aromatic nitrogens is 5. The summed E-state index contributed by atoms with van der Waals surface area (Å²) in [4.78, 5) is 51.6. The van der Waals surface area contributed by atoms with Crippen LogP contribution in [-0.4, -0.2) is 92.3 Å². The summed E-state index contributed by atoms with van der Waals surface area (Å²) in [5, 5.41) is 14.6. The zero-order valence-electron chi connectivity index (χ0n) is 35.4. The number of amides is 2. The number of aryl methyl sites for hydroxylation is 2. The maximum Gasteiger partial charge on any atom is 0.301 e. The molecule has 2 aromatic carbocycles. The van der Waals surface area contributed by atoms with Crippen molar-refractivity contribution in [3.8, 4) is 5.75 Å². The molecule has 18 heteroatoms. The van der Waals surface area contributed by atoms with Crippen molar-refractivity contribution in [3.05, 3.63) is 69.0 Å². The third-order valence-electron chi connectivity index (χ3n) is 14.1. The Morgan fingerprint density at radius 2 is 1.78 bits per heavy atom. The number of imide groups is 1. The van der Waals surface area contributed by atoms with Crippen molar-refractivity contribution < 1.29 is 27.5 Å². The van der Waals surface area contributed by atoms with Gasteiger partial charge < -0.3 is 29.7 Å². The molecule has 3 saturated heterocycles. The summed E-state index contributed by atoms with van der Waals surface area (Å²) in [6, 6.07) is 7.93. The Kier molecular flexibility index (Phi) is 10.5. The molecule has 3 N–H and O–H groups in total. The number of ether oxygens (including phenoxy) is 1. The summed E-state index contributed by atoms with van der Waals surface area (Å²) < 4.78 is 54.7. The second-order valence-electron chi connectivity index (χ2n) is 18.3. The fourth-order valence-corrected chi connectivity index (χ4v) is 10.4. The minimum Gasteiger partial charge on any atom is -0.480 e. The molecule has 2 amide bonds. The van der Waals surface area contributed by atoms with Crippen LogP contribution in [-0.2, 0) is 23.7 Å². The SMILES string of the molecule is C[C@H]1CN(c2ncc(Cl)c(Nc3cc4c5c(c(=O)n(C)c4cc3F)OCC(F)(F)[C@H](C3CC3)N5)n2)CC[C@H]1CN1CCC(c2ccc3c(C4CCC(=O)NC4=O)nn(C)c3c2)CC1. The molecule has 4 fully saturated rings. The molecule has 1 aliphatic carbocycles. The molecule has 7 heterocycles. The fourth-order valence-electron chi connectivity index (χ4n) is 10.2. The second kappa shape index (κ2) is 16.0. The summed E-state index contributed by atoms with van der Waals surface area (Å²) in [7, 11) is 3.36. The van der Waals surface area contributed by atoms with Gasteiger partial charge in [0.05, 0.1) is 46.3 Å². The van der Waals surface area contributed by atoms with Crippen molar-refractivity contribution in [1.82, 2.24) is 34.5 Å². The van der Waals surface area contributed by atoms with E-state index in [4.69, 9.17) is 26.4 Å². The van der Waals surface area contributed by atoms with E-state index in [9.17, 15) is 14.4 Å². The lowest BCUT2D eigenvalue weighted by atomic mass is 9.84. The highest BCUT2D eigenvalue weighted by Gasteiger charge is 2.51. The van der Waals surface area contributed by atoms with E-state index < -0.39 is 35.9 Å². The van der Waals surface area contributed by atoms with E-state index in [1.54, 1.807) is 0 Å². The number of hydrogen-bond donors (Lipinski definition) is 3. The zero-order valence-corrected chi connectivity index (χ0v) is 36.2. The van der Waals surface area contributed by atoms with Crippen LogP contribution in [0.15, 0.2) is 41.3 Å². The summed E-state index contributed by atoms with van der Waals surface area (Å²) in [5.41, 5.74) is 2.72. The molecule has 63 heavy (non-hydrogen) atoms. The smallest absolute Gasteiger partial charge is 0.301 e. The Labute approximate surface area is 366 Å². The number of piperidine rings is 3. The summed E-state index contributed by atoms with van der Waals surface area (Å²) in [5.74, 6) is -3.40. The number of carbonyl (C=O) groups is 2. The van der Waals surface area contributed by atoms with Gasteiger partial charge in [-0.3, -0.25) is 24.4 Å². The molecule has 332 valence electrons. The second-order valence-corrected chi connectivity index (χ2v) is 18.7. The van der Waals surface area contributed by atoms with Crippen LogP contribution in [0, 0.1) is 23.6 Å². The minimum absolute atomic E-state index is 0.00275. The fraction of sp³-hybridized carbons (Fsp3) is 0.511. The number of fused-ring (bicyclic) bond motifs is 4. The van der Waals surface area contributed by atoms with Gasteiger partial charge in [-0.1, -0.05) is 30.7 Å². The van der Waals surface area contributed by atoms with Crippen molar-refractivity contribution in [3.63, 3.8) is 0 Å². The van der Waals surface area contributed by atoms with Crippen molar-refractivity contribution in [2.45, 2.75) is 75.7 Å². The van der Waals surface area contributed by atoms with Crippen LogP contribution in [0.2, 0.25) is 5.02 Å².